The van der Waals surface area contributed by atoms with Crippen molar-refractivity contribution >= 4 is 11.6 Å². The quantitative estimate of drug-likeness (QED) is 0.586. The van der Waals surface area contributed by atoms with Gasteiger partial charge in [-0.05, 0) is 12.1 Å². The van der Waals surface area contributed by atoms with Crippen molar-refractivity contribution in [3.63, 3.8) is 0 Å². The second-order valence-electron chi connectivity index (χ2n) is 5.03. The van der Waals surface area contributed by atoms with E-state index in [4.69, 9.17) is 5.73 Å². The maximum absolute atomic E-state index is 11.1. The summed E-state index contributed by atoms with van der Waals surface area (Å²) in [6.07, 6.45) is 1.66. The number of nitrogens with two attached hydrogens (primary N) is 1. The third-order valence-corrected chi connectivity index (χ3v) is 3.70. The number of carbonyl (C=O) groups is 1. The van der Waals surface area contributed by atoms with Crippen LogP contribution in [0.1, 0.15) is 18.4 Å². The lowest BCUT2D eigenvalue weighted by Crippen LogP contribution is -3.11. The maximum Gasteiger partial charge on any atom is 0.269 e. The lowest BCUT2D eigenvalue weighted by molar-refractivity contribution is -0.919. The molecule has 0 saturated carbocycles. The van der Waals surface area contributed by atoms with Gasteiger partial charge >= 0.3 is 0 Å². The highest BCUT2D eigenvalue weighted by molar-refractivity contribution is 5.76. The Bertz CT molecular complexity index is 465. The van der Waals surface area contributed by atoms with Gasteiger partial charge in [0.25, 0.3) is 5.69 Å². The van der Waals surface area contributed by atoms with Gasteiger partial charge in [-0.3, -0.25) is 14.9 Å². The van der Waals surface area contributed by atoms with Gasteiger partial charge in [0.1, 0.15) is 6.54 Å². The molecule has 19 heavy (non-hydrogen) atoms. The first-order chi connectivity index (χ1) is 9.06. The summed E-state index contributed by atoms with van der Waals surface area (Å²) >= 11 is 0. The smallest absolute Gasteiger partial charge is 0.269 e. The second kappa shape index (κ2) is 5.79. The van der Waals surface area contributed by atoms with Crippen LogP contribution in [0.5, 0.6) is 0 Å². The SMILES string of the molecule is NC(=O)C1CC[NH+](Cc2ccc([N+](=O)[O-])cc2)CC1. The highest BCUT2D eigenvalue weighted by Crippen LogP contribution is 2.12. The number of nitrogens with one attached hydrogen (secondary N) is 1. The first kappa shape index (κ1) is 13.5. The van der Waals surface area contributed by atoms with Gasteiger partial charge in [-0.1, -0.05) is 0 Å². The van der Waals surface area contributed by atoms with E-state index in [1.165, 1.54) is 17.0 Å². The molecule has 1 aliphatic rings. The molecular weight excluding hydrogens is 246 g/mol. The largest absolute Gasteiger partial charge is 0.369 e. The van der Waals surface area contributed by atoms with Crippen molar-refractivity contribution in [3.8, 4) is 0 Å². The summed E-state index contributed by atoms with van der Waals surface area (Å²) in [5.41, 5.74) is 6.50. The lowest BCUT2D eigenvalue weighted by Gasteiger charge is -2.27. The van der Waals surface area contributed by atoms with Gasteiger partial charge < -0.3 is 10.6 Å². The molecule has 1 aliphatic heterocycles. The Kier molecular flexibility index (Phi) is 4.11. The number of nitro groups is 1. The molecule has 0 unspecified atom stereocenters. The van der Waals surface area contributed by atoms with E-state index in [0.29, 0.717) is 0 Å². The molecular formula is C13H18N3O3+. The third kappa shape index (κ3) is 3.51. The minimum absolute atomic E-state index is 0.0145. The molecule has 1 heterocycles. The molecule has 2 rings (SSSR count). The van der Waals surface area contributed by atoms with Crippen molar-refractivity contribution in [2.75, 3.05) is 13.1 Å². The molecule has 0 atom stereocenters. The number of carbonyl (C=O) groups excluding carboxylic acids is 1. The first-order valence-corrected chi connectivity index (χ1v) is 6.42. The molecule has 6 nitrogen and oxygen atoms in total. The average Bonchev–Trinajstić information content (AvgIpc) is 2.40. The molecule has 0 bridgehead atoms. The number of piperidine rings is 1. The minimum atomic E-state index is -0.394. The van der Waals surface area contributed by atoms with Crippen molar-refractivity contribution in [2.24, 2.45) is 11.7 Å². The number of amides is 1. The van der Waals surface area contributed by atoms with E-state index in [0.717, 1.165) is 38.0 Å². The Morgan fingerprint density at radius 2 is 1.89 bits per heavy atom. The van der Waals surface area contributed by atoms with Crippen LogP contribution in [0.4, 0.5) is 5.69 Å². The van der Waals surface area contributed by atoms with Gasteiger partial charge in [0.15, 0.2) is 0 Å². The van der Waals surface area contributed by atoms with Gasteiger partial charge in [-0.15, -0.1) is 0 Å². The van der Waals surface area contributed by atoms with E-state index < -0.39 is 4.92 Å². The number of quaternary nitrogens is 1. The van der Waals surface area contributed by atoms with Gasteiger partial charge in [-0.2, -0.15) is 0 Å². The average molecular weight is 264 g/mol. The van der Waals surface area contributed by atoms with Crippen LogP contribution < -0.4 is 10.6 Å². The summed E-state index contributed by atoms with van der Waals surface area (Å²) in [7, 11) is 0. The van der Waals surface area contributed by atoms with Crippen LogP contribution in [0.15, 0.2) is 24.3 Å². The van der Waals surface area contributed by atoms with Crippen LogP contribution in [-0.2, 0) is 11.3 Å². The molecule has 1 fully saturated rings. The summed E-state index contributed by atoms with van der Waals surface area (Å²) in [6.45, 7) is 2.68. The molecule has 3 N–H and O–H groups in total. The molecule has 1 saturated heterocycles. The molecule has 0 spiro atoms. The van der Waals surface area contributed by atoms with E-state index in [-0.39, 0.29) is 17.5 Å². The number of hydrogen-bond acceptors (Lipinski definition) is 3. The number of benzene rings is 1. The Morgan fingerprint density at radius 3 is 2.37 bits per heavy atom. The van der Waals surface area contributed by atoms with Crippen LogP contribution in [0.25, 0.3) is 0 Å². The summed E-state index contributed by atoms with van der Waals surface area (Å²) in [5, 5.41) is 10.6. The fourth-order valence-electron chi connectivity index (χ4n) is 2.51. The zero-order chi connectivity index (χ0) is 13.8. The molecule has 102 valence electrons. The lowest BCUT2D eigenvalue weighted by atomic mass is 9.96. The molecule has 0 aliphatic carbocycles. The fraction of sp³-hybridized carbons (Fsp3) is 0.462. The monoisotopic (exact) mass is 264 g/mol. The minimum Gasteiger partial charge on any atom is -0.369 e. The summed E-state index contributed by atoms with van der Waals surface area (Å²) in [5.74, 6) is -0.185. The molecule has 1 amide bonds. The van der Waals surface area contributed by atoms with E-state index in [9.17, 15) is 14.9 Å². The predicted octanol–water partition coefficient (Wildman–Crippen LogP) is -0.125. The molecule has 0 radical (unpaired) electrons. The number of primary amides is 1. The molecule has 1 aromatic carbocycles. The number of non-ortho nitro benzene ring substituents is 1. The Morgan fingerprint density at radius 1 is 1.32 bits per heavy atom. The first-order valence-electron chi connectivity index (χ1n) is 6.42. The van der Waals surface area contributed by atoms with Crippen molar-refractivity contribution in [1.82, 2.24) is 0 Å². The predicted molar refractivity (Wildman–Crippen MR) is 69.4 cm³/mol. The van der Waals surface area contributed by atoms with Crippen molar-refractivity contribution in [1.29, 1.82) is 0 Å². The Labute approximate surface area is 111 Å². The number of likely N-dealkylation sites (tertiary alicyclic amines) is 1. The van der Waals surface area contributed by atoms with Gasteiger partial charge in [0.2, 0.25) is 5.91 Å². The Balaban J connectivity index is 1.88. The molecule has 6 heteroatoms. The normalized spacial score (nSPS) is 22.9. The van der Waals surface area contributed by atoms with Crippen LogP contribution in [0.2, 0.25) is 0 Å². The van der Waals surface area contributed by atoms with E-state index in [2.05, 4.69) is 0 Å². The van der Waals surface area contributed by atoms with Crippen LogP contribution in [0, 0.1) is 16.0 Å². The van der Waals surface area contributed by atoms with E-state index in [1.807, 2.05) is 0 Å². The molecule has 1 aromatic rings. The number of hydrogen-bond donors (Lipinski definition) is 2. The highest BCUT2D eigenvalue weighted by Gasteiger charge is 2.25. The molecule has 0 aromatic heterocycles. The van der Waals surface area contributed by atoms with Crippen LogP contribution in [0.3, 0.4) is 0 Å². The fourth-order valence-corrected chi connectivity index (χ4v) is 2.51. The van der Waals surface area contributed by atoms with Gasteiger partial charge in [0.05, 0.1) is 18.0 Å². The summed E-state index contributed by atoms with van der Waals surface area (Å²) in [4.78, 5) is 22.6. The topological polar surface area (TPSA) is 90.7 Å². The highest BCUT2D eigenvalue weighted by atomic mass is 16.6. The standard InChI is InChI=1S/C13H17N3O3/c14-13(17)11-5-7-15(8-6-11)9-10-1-3-12(4-2-10)16(18)19/h1-4,11H,5-9H2,(H2,14,17)/p+1. The van der Waals surface area contributed by atoms with Crippen LogP contribution >= 0.6 is 0 Å². The second-order valence-corrected chi connectivity index (χ2v) is 5.03. The van der Waals surface area contributed by atoms with Crippen molar-refractivity contribution in [2.45, 2.75) is 19.4 Å². The van der Waals surface area contributed by atoms with Gasteiger partial charge in [-0.25, -0.2) is 0 Å². The number of nitro benzene ring substituents is 1. The summed E-state index contributed by atoms with van der Waals surface area (Å²) < 4.78 is 0. The number of rotatable bonds is 4. The van der Waals surface area contributed by atoms with Crippen LogP contribution in [-0.4, -0.2) is 23.9 Å². The van der Waals surface area contributed by atoms with E-state index in [1.54, 1.807) is 12.1 Å². The zero-order valence-electron chi connectivity index (χ0n) is 10.7. The third-order valence-electron chi connectivity index (χ3n) is 3.70. The number of nitrogens with zero attached hydrogens (tertiary/aromatic N) is 1. The van der Waals surface area contributed by atoms with E-state index >= 15 is 0 Å². The van der Waals surface area contributed by atoms with Crippen molar-refractivity contribution in [3.05, 3.63) is 39.9 Å². The van der Waals surface area contributed by atoms with Gasteiger partial charge in [0, 0.05) is 36.5 Å². The summed E-state index contributed by atoms with van der Waals surface area (Å²) in [6, 6.07) is 6.66. The Hall–Kier alpha value is -1.95. The van der Waals surface area contributed by atoms with Crippen molar-refractivity contribution < 1.29 is 14.6 Å². The zero-order valence-corrected chi connectivity index (χ0v) is 10.7. The maximum atomic E-state index is 11.1.